The predicted molar refractivity (Wildman–Crippen MR) is 72.1 cm³/mol. The molecule has 94 valence electrons. The Hall–Kier alpha value is -0.390. The van der Waals surface area contributed by atoms with E-state index < -0.39 is 0 Å². The first-order valence-electron chi connectivity index (χ1n) is 5.73. The average molecular weight is 318 g/mol. The quantitative estimate of drug-likeness (QED) is 0.854. The number of thiophene rings is 1. The van der Waals surface area contributed by atoms with Gasteiger partial charge in [0.15, 0.2) is 0 Å². The molecular formula is C12H16BrNO2S. The summed E-state index contributed by atoms with van der Waals surface area (Å²) in [5.41, 5.74) is 0. The van der Waals surface area contributed by atoms with Gasteiger partial charge in [-0.25, -0.2) is 0 Å². The number of hydrogen-bond donors (Lipinski definition) is 0. The molecule has 1 amide bonds. The third kappa shape index (κ3) is 3.79. The van der Waals surface area contributed by atoms with E-state index in [0.717, 1.165) is 23.9 Å². The summed E-state index contributed by atoms with van der Waals surface area (Å²) in [6.07, 6.45) is 2.76. The molecule has 1 unspecified atom stereocenters. The second-order valence-electron chi connectivity index (χ2n) is 4.32. The van der Waals surface area contributed by atoms with Crippen molar-refractivity contribution in [2.75, 3.05) is 13.7 Å². The van der Waals surface area contributed by atoms with Gasteiger partial charge in [0.05, 0.1) is 19.1 Å². The molecule has 0 radical (unpaired) electrons. The molecule has 1 aromatic heterocycles. The number of halogens is 1. The minimum Gasteiger partial charge on any atom is -0.378 e. The Labute approximate surface area is 114 Å². The Balaban J connectivity index is 1.82. The second kappa shape index (κ2) is 5.98. The second-order valence-corrected chi connectivity index (χ2v) is 6.23. The Morgan fingerprint density at radius 3 is 3.12 bits per heavy atom. The summed E-state index contributed by atoms with van der Waals surface area (Å²) in [6.45, 7) is 1.49. The van der Waals surface area contributed by atoms with Crippen LogP contribution in [-0.2, 0) is 16.1 Å². The monoisotopic (exact) mass is 317 g/mol. The van der Waals surface area contributed by atoms with E-state index in [1.54, 1.807) is 16.2 Å². The van der Waals surface area contributed by atoms with Gasteiger partial charge in [0, 0.05) is 28.4 Å². The zero-order valence-electron chi connectivity index (χ0n) is 9.82. The lowest BCUT2D eigenvalue weighted by Crippen LogP contribution is -2.29. The summed E-state index contributed by atoms with van der Waals surface area (Å²) in [5.74, 6) is 0.168. The largest absolute Gasteiger partial charge is 0.378 e. The van der Waals surface area contributed by atoms with Gasteiger partial charge in [-0.3, -0.25) is 4.79 Å². The summed E-state index contributed by atoms with van der Waals surface area (Å²) >= 11 is 5.08. The van der Waals surface area contributed by atoms with Crippen molar-refractivity contribution in [2.24, 2.45) is 0 Å². The minimum atomic E-state index is 0.139. The number of ether oxygens (including phenoxy) is 1. The van der Waals surface area contributed by atoms with E-state index in [1.807, 2.05) is 12.4 Å². The van der Waals surface area contributed by atoms with E-state index in [0.29, 0.717) is 13.0 Å². The van der Waals surface area contributed by atoms with Crippen molar-refractivity contribution in [2.45, 2.75) is 31.9 Å². The van der Waals surface area contributed by atoms with Crippen molar-refractivity contribution in [3.8, 4) is 0 Å². The third-order valence-electron chi connectivity index (χ3n) is 2.87. The highest BCUT2D eigenvalue weighted by Gasteiger charge is 2.21. The maximum Gasteiger partial charge on any atom is 0.225 e. The van der Waals surface area contributed by atoms with E-state index in [2.05, 4.69) is 22.0 Å². The third-order valence-corrected chi connectivity index (χ3v) is 4.55. The van der Waals surface area contributed by atoms with Gasteiger partial charge in [0.2, 0.25) is 5.91 Å². The molecule has 17 heavy (non-hydrogen) atoms. The van der Waals surface area contributed by atoms with Crippen LogP contribution in [0.2, 0.25) is 0 Å². The predicted octanol–water partition coefficient (Wildman–Crippen LogP) is 3.04. The Morgan fingerprint density at radius 1 is 1.71 bits per heavy atom. The normalized spacial score (nSPS) is 19.5. The molecule has 0 aromatic carbocycles. The molecule has 0 aliphatic carbocycles. The van der Waals surface area contributed by atoms with Crippen LogP contribution in [0.4, 0.5) is 0 Å². The highest BCUT2D eigenvalue weighted by Crippen LogP contribution is 2.22. The zero-order chi connectivity index (χ0) is 12.3. The molecule has 1 aromatic rings. The van der Waals surface area contributed by atoms with E-state index >= 15 is 0 Å². The molecule has 0 bridgehead atoms. The number of rotatable bonds is 4. The summed E-state index contributed by atoms with van der Waals surface area (Å²) in [4.78, 5) is 14.9. The van der Waals surface area contributed by atoms with E-state index in [9.17, 15) is 4.79 Å². The van der Waals surface area contributed by atoms with Gasteiger partial charge < -0.3 is 9.64 Å². The van der Waals surface area contributed by atoms with E-state index in [1.165, 1.54) is 4.88 Å². The molecule has 0 N–H and O–H groups in total. The molecule has 1 saturated heterocycles. The molecule has 0 saturated carbocycles. The number of amides is 1. The first-order chi connectivity index (χ1) is 8.15. The van der Waals surface area contributed by atoms with Gasteiger partial charge in [-0.05, 0) is 34.8 Å². The molecule has 0 spiro atoms. The van der Waals surface area contributed by atoms with Crippen LogP contribution in [0.1, 0.15) is 24.1 Å². The van der Waals surface area contributed by atoms with Gasteiger partial charge in [-0.1, -0.05) is 0 Å². The Bertz CT molecular complexity index is 388. The maximum atomic E-state index is 11.9. The number of nitrogens with zero attached hydrogens (tertiary/aromatic N) is 1. The van der Waals surface area contributed by atoms with Crippen molar-refractivity contribution >= 4 is 33.2 Å². The van der Waals surface area contributed by atoms with E-state index in [4.69, 9.17) is 4.74 Å². The standard InChI is InChI=1S/C12H16BrNO2S/c1-14(7-11-5-9(13)8-17-11)12(15)6-10-3-2-4-16-10/h5,8,10H,2-4,6-7H2,1H3. The molecule has 1 atom stereocenters. The molecule has 2 heterocycles. The lowest BCUT2D eigenvalue weighted by Gasteiger charge is -2.18. The van der Waals surface area contributed by atoms with Gasteiger partial charge >= 0.3 is 0 Å². The van der Waals surface area contributed by atoms with E-state index in [-0.39, 0.29) is 12.0 Å². The summed E-state index contributed by atoms with van der Waals surface area (Å²) in [7, 11) is 1.85. The summed E-state index contributed by atoms with van der Waals surface area (Å²) in [5, 5.41) is 2.04. The first-order valence-corrected chi connectivity index (χ1v) is 7.41. The van der Waals surface area contributed by atoms with Crippen molar-refractivity contribution in [3.05, 3.63) is 20.8 Å². The fourth-order valence-corrected chi connectivity index (χ4v) is 3.42. The molecule has 3 nitrogen and oxygen atoms in total. The average Bonchev–Trinajstić information content (AvgIpc) is 2.90. The van der Waals surface area contributed by atoms with Crippen molar-refractivity contribution in [1.29, 1.82) is 0 Å². The van der Waals surface area contributed by atoms with Crippen molar-refractivity contribution in [3.63, 3.8) is 0 Å². The Kier molecular flexibility index (Phi) is 4.59. The first kappa shape index (κ1) is 13.1. The van der Waals surface area contributed by atoms with Crippen molar-refractivity contribution < 1.29 is 9.53 Å². The highest BCUT2D eigenvalue weighted by atomic mass is 79.9. The SMILES string of the molecule is CN(Cc1cc(Br)cs1)C(=O)CC1CCCO1. The summed E-state index contributed by atoms with van der Waals surface area (Å²) < 4.78 is 6.56. The van der Waals surface area contributed by atoms with Crippen LogP contribution in [0.25, 0.3) is 0 Å². The van der Waals surface area contributed by atoms with Crippen molar-refractivity contribution in [1.82, 2.24) is 4.90 Å². The van der Waals surface area contributed by atoms with Crippen LogP contribution in [0.3, 0.4) is 0 Å². The topological polar surface area (TPSA) is 29.5 Å². The molecule has 1 aliphatic rings. The molecule has 1 fully saturated rings. The van der Waals surface area contributed by atoms with Crippen LogP contribution in [0, 0.1) is 0 Å². The minimum absolute atomic E-state index is 0.139. The molecule has 2 rings (SSSR count). The van der Waals surface area contributed by atoms with Gasteiger partial charge in [0.1, 0.15) is 0 Å². The zero-order valence-corrected chi connectivity index (χ0v) is 12.2. The van der Waals surface area contributed by atoms with Gasteiger partial charge in [-0.15, -0.1) is 11.3 Å². The number of hydrogen-bond acceptors (Lipinski definition) is 3. The smallest absolute Gasteiger partial charge is 0.225 e. The maximum absolute atomic E-state index is 11.9. The fraction of sp³-hybridized carbons (Fsp3) is 0.583. The lowest BCUT2D eigenvalue weighted by molar-refractivity contribution is -0.132. The highest BCUT2D eigenvalue weighted by molar-refractivity contribution is 9.10. The van der Waals surface area contributed by atoms with Gasteiger partial charge in [-0.2, -0.15) is 0 Å². The number of carbonyl (C=O) groups is 1. The fourth-order valence-electron chi connectivity index (χ4n) is 1.91. The van der Waals surface area contributed by atoms with Crippen LogP contribution in [0.15, 0.2) is 15.9 Å². The molecule has 5 heteroatoms. The summed E-state index contributed by atoms with van der Waals surface area (Å²) in [6, 6.07) is 2.06. The molecular weight excluding hydrogens is 302 g/mol. The number of carbonyl (C=O) groups excluding carboxylic acids is 1. The Morgan fingerprint density at radius 2 is 2.53 bits per heavy atom. The van der Waals surface area contributed by atoms with Crippen LogP contribution in [0.5, 0.6) is 0 Å². The van der Waals surface area contributed by atoms with Crippen LogP contribution in [-0.4, -0.2) is 30.6 Å². The van der Waals surface area contributed by atoms with Crippen LogP contribution < -0.4 is 0 Å². The molecule has 1 aliphatic heterocycles. The van der Waals surface area contributed by atoms with Gasteiger partial charge in [0.25, 0.3) is 0 Å². The van der Waals surface area contributed by atoms with Crippen LogP contribution >= 0.6 is 27.3 Å². The lowest BCUT2D eigenvalue weighted by atomic mass is 10.1.